The number of likely N-dealkylation sites (N-methyl/N-ethyl adjacent to an activating group) is 1. The fraction of sp³-hybridized carbons (Fsp3) is 0.480. The number of benzene rings is 1. The summed E-state index contributed by atoms with van der Waals surface area (Å²) in [6.45, 7) is 11.3. The number of ether oxygens (including phenoxy) is 1. The molecule has 2 aliphatic heterocycles. The van der Waals surface area contributed by atoms with E-state index in [0.717, 1.165) is 76.8 Å². The van der Waals surface area contributed by atoms with Crippen molar-refractivity contribution in [1.82, 2.24) is 19.8 Å². The van der Waals surface area contributed by atoms with Gasteiger partial charge in [-0.1, -0.05) is 12.1 Å². The molecule has 2 aromatic heterocycles. The summed E-state index contributed by atoms with van der Waals surface area (Å²) in [4.78, 5) is 15.9. The van der Waals surface area contributed by atoms with E-state index in [1.807, 2.05) is 0 Å². The van der Waals surface area contributed by atoms with E-state index in [4.69, 9.17) is 9.72 Å². The Morgan fingerprint density at radius 3 is 2.45 bits per heavy atom. The summed E-state index contributed by atoms with van der Waals surface area (Å²) in [5.74, 6) is 0. The van der Waals surface area contributed by atoms with Crippen LogP contribution in [-0.2, 0) is 11.2 Å². The van der Waals surface area contributed by atoms with E-state index in [-0.39, 0.29) is 0 Å². The molecule has 0 bridgehead atoms. The first-order valence-corrected chi connectivity index (χ1v) is 11.5. The minimum atomic E-state index is 0.851. The van der Waals surface area contributed by atoms with Gasteiger partial charge in [-0.2, -0.15) is 0 Å². The molecule has 31 heavy (non-hydrogen) atoms. The number of nitrogens with zero attached hydrogens (tertiary/aromatic N) is 4. The molecule has 2 saturated heterocycles. The van der Waals surface area contributed by atoms with Crippen molar-refractivity contribution in [2.75, 3.05) is 71.0 Å². The Morgan fingerprint density at radius 1 is 0.968 bits per heavy atom. The summed E-state index contributed by atoms with van der Waals surface area (Å²) in [6.07, 6.45) is 1.02. The number of anilines is 1. The number of morpholine rings is 1. The zero-order chi connectivity index (χ0) is 21.2. The molecular weight excluding hydrogens is 386 g/mol. The molecule has 6 nitrogen and oxygen atoms in total. The third-order valence-corrected chi connectivity index (χ3v) is 6.61. The van der Waals surface area contributed by atoms with Gasteiger partial charge in [0.25, 0.3) is 0 Å². The molecule has 4 heterocycles. The number of nitrogens with one attached hydrogen (secondary N) is 1. The van der Waals surface area contributed by atoms with Gasteiger partial charge in [0.1, 0.15) is 0 Å². The molecule has 0 aliphatic carbocycles. The first-order chi connectivity index (χ1) is 15.2. The van der Waals surface area contributed by atoms with Crippen LogP contribution in [0.3, 0.4) is 0 Å². The van der Waals surface area contributed by atoms with Crippen molar-refractivity contribution in [2.45, 2.75) is 13.3 Å². The molecule has 1 N–H and O–H groups in total. The smallest absolute Gasteiger partial charge is 0.0799 e. The third-order valence-electron chi connectivity index (χ3n) is 6.61. The summed E-state index contributed by atoms with van der Waals surface area (Å²) in [6, 6.07) is 13.4. The van der Waals surface area contributed by atoms with Gasteiger partial charge in [-0.15, -0.1) is 0 Å². The van der Waals surface area contributed by atoms with Gasteiger partial charge in [0, 0.05) is 85.8 Å². The van der Waals surface area contributed by atoms with Gasteiger partial charge in [-0.3, -0.25) is 9.88 Å². The van der Waals surface area contributed by atoms with E-state index < -0.39 is 0 Å². The van der Waals surface area contributed by atoms with Crippen LogP contribution in [0.25, 0.3) is 22.2 Å². The van der Waals surface area contributed by atoms with Crippen molar-refractivity contribution in [3.8, 4) is 11.3 Å². The lowest BCUT2D eigenvalue weighted by atomic mass is 10.1. The Kier molecular flexibility index (Phi) is 5.94. The number of H-pyrrole nitrogens is 1. The highest BCUT2D eigenvalue weighted by atomic mass is 16.5. The highest BCUT2D eigenvalue weighted by Gasteiger charge is 2.16. The fourth-order valence-corrected chi connectivity index (χ4v) is 4.67. The van der Waals surface area contributed by atoms with Crippen molar-refractivity contribution in [1.29, 1.82) is 0 Å². The Morgan fingerprint density at radius 2 is 1.71 bits per heavy atom. The highest BCUT2D eigenvalue weighted by Crippen LogP contribution is 2.30. The standard InChI is InChI=1S/C25H33N5O/c1-19-17-24-23(18-21(27-24)7-8-29-13-15-31-16-14-29)25(26-19)20-3-5-22(6-4-20)30-11-9-28(2)10-12-30/h3-6,17-18,27H,7-16H2,1-2H3. The molecule has 5 rings (SSSR count). The fourth-order valence-electron chi connectivity index (χ4n) is 4.67. The first kappa shape index (κ1) is 20.5. The predicted octanol–water partition coefficient (Wildman–Crippen LogP) is 3.16. The average molecular weight is 420 g/mol. The SMILES string of the molecule is Cc1cc2[nH]c(CCN3CCOCC3)cc2c(-c2ccc(N3CCN(C)CC3)cc2)n1. The lowest BCUT2D eigenvalue weighted by Gasteiger charge is -2.34. The van der Waals surface area contributed by atoms with Crippen LogP contribution in [0.4, 0.5) is 5.69 Å². The van der Waals surface area contributed by atoms with Gasteiger partial charge >= 0.3 is 0 Å². The second-order valence-corrected chi connectivity index (χ2v) is 8.91. The summed E-state index contributed by atoms with van der Waals surface area (Å²) in [5, 5.41) is 1.22. The van der Waals surface area contributed by atoms with Crippen molar-refractivity contribution in [2.24, 2.45) is 0 Å². The lowest BCUT2D eigenvalue weighted by molar-refractivity contribution is 0.0383. The molecule has 0 unspecified atom stereocenters. The predicted molar refractivity (Wildman–Crippen MR) is 127 cm³/mol. The number of aryl methyl sites for hydroxylation is 1. The van der Waals surface area contributed by atoms with E-state index in [9.17, 15) is 0 Å². The maximum Gasteiger partial charge on any atom is 0.0799 e. The normalized spacial score (nSPS) is 18.7. The van der Waals surface area contributed by atoms with Crippen molar-refractivity contribution in [3.05, 3.63) is 47.8 Å². The van der Waals surface area contributed by atoms with E-state index in [0.29, 0.717) is 0 Å². The van der Waals surface area contributed by atoms with Crippen LogP contribution in [-0.4, -0.2) is 85.8 Å². The van der Waals surface area contributed by atoms with E-state index >= 15 is 0 Å². The Labute approximate surface area is 184 Å². The molecule has 1 aromatic carbocycles. The molecule has 3 aromatic rings. The van der Waals surface area contributed by atoms with E-state index in [1.165, 1.54) is 27.8 Å². The zero-order valence-corrected chi connectivity index (χ0v) is 18.7. The van der Waals surface area contributed by atoms with Crippen LogP contribution in [0.15, 0.2) is 36.4 Å². The van der Waals surface area contributed by atoms with Gasteiger partial charge in [-0.05, 0) is 38.2 Å². The molecule has 0 atom stereocenters. The number of pyridine rings is 1. The Balaban J connectivity index is 1.36. The van der Waals surface area contributed by atoms with Crippen LogP contribution in [0, 0.1) is 6.92 Å². The molecule has 2 fully saturated rings. The van der Waals surface area contributed by atoms with Crippen molar-refractivity contribution < 1.29 is 4.74 Å². The Bertz CT molecular complexity index is 1010. The van der Waals surface area contributed by atoms with E-state index in [1.54, 1.807) is 0 Å². The lowest BCUT2D eigenvalue weighted by Crippen LogP contribution is -2.44. The summed E-state index contributed by atoms with van der Waals surface area (Å²) in [5.41, 5.74) is 7.08. The summed E-state index contributed by atoms with van der Waals surface area (Å²) in [7, 11) is 2.20. The molecule has 2 aliphatic rings. The topological polar surface area (TPSA) is 47.6 Å². The van der Waals surface area contributed by atoms with Gasteiger partial charge in [-0.25, -0.2) is 0 Å². The molecule has 0 radical (unpaired) electrons. The molecule has 0 amide bonds. The minimum absolute atomic E-state index is 0.851. The molecule has 0 spiro atoms. The largest absolute Gasteiger partial charge is 0.379 e. The maximum atomic E-state index is 5.47. The van der Waals surface area contributed by atoms with Gasteiger partial charge < -0.3 is 19.5 Å². The second-order valence-electron chi connectivity index (χ2n) is 8.91. The number of aromatic nitrogens is 2. The van der Waals surface area contributed by atoms with Crippen molar-refractivity contribution >= 4 is 16.6 Å². The molecule has 164 valence electrons. The Hall–Kier alpha value is -2.41. The van der Waals surface area contributed by atoms with Crippen LogP contribution in [0.1, 0.15) is 11.4 Å². The highest BCUT2D eigenvalue weighted by molar-refractivity contribution is 5.94. The van der Waals surface area contributed by atoms with Gasteiger partial charge in [0.05, 0.1) is 18.9 Å². The number of aromatic amines is 1. The number of rotatable bonds is 5. The van der Waals surface area contributed by atoms with E-state index in [2.05, 4.69) is 70.1 Å². The number of fused-ring (bicyclic) bond motifs is 1. The molecule has 6 heteroatoms. The average Bonchev–Trinajstić information content (AvgIpc) is 3.21. The maximum absolute atomic E-state index is 5.47. The third kappa shape index (κ3) is 4.61. The van der Waals surface area contributed by atoms with Gasteiger partial charge in [0.15, 0.2) is 0 Å². The summed E-state index contributed by atoms with van der Waals surface area (Å²) >= 11 is 0. The second kappa shape index (κ2) is 8.99. The monoisotopic (exact) mass is 419 g/mol. The number of hydrogen-bond donors (Lipinski definition) is 1. The van der Waals surface area contributed by atoms with Crippen LogP contribution in [0.2, 0.25) is 0 Å². The number of hydrogen-bond acceptors (Lipinski definition) is 5. The zero-order valence-electron chi connectivity index (χ0n) is 18.7. The molecular formula is C25H33N5O. The van der Waals surface area contributed by atoms with Crippen LogP contribution >= 0.6 is 0 Å². The van der Waals surface area contributed by atoms with Crippen LogP contribution < -0.4 is 4.90 Å². The summed E-state index contributed by atoms with van der Waals surface area (Å²) < 4.78 is 5.47. The first-order valence-electron chi connectivity index (χ1n) is 11.5. The quantitative estimate of drug-likeness (QED) is 0.688. The van der Waals surface area contributed by atoms with Crippen LogP contribution in [0.5, 0.6) is 0 Å². The van der Waals surface area contributed by atoms with Gasteiger partial charge in [0.2, 0.25) is 0 Å². The van der Waals surface area contributed by atoms with Crippen molar-refractivity contribution in [3.63, 3.8) is 0 Å². The minimum Gasteiger partial charge on any atom is -0.379 e. The number of piperazine rings is 1. The molecule has 0 saturated carbocycles.